The van der Waals surface area contributed by atoms with E-state index in [1.807, 2.05) is 7.05 Å². The molecule has 1 unspecified atom stereocenters. The van der Waals surface area contributed by atoms with Gasteiger partial charge in [0.25, 0.3) is 5.88 Å². The van der Waals surface area contributed by atoms with Gasteiger partial charge in [-0.3, -0.25) is 4.48 Å². The molecule has 2 rings (SSSR count). The van der Waals surface area contributed by atoms with Gasteiger partial charge in [0.1, 0.15) is 24.4 Å². The van der Waals surface area contributed by atoms with Gasteiger partial charge in [0.15, 0.2) is 0 Å². The number of unbranched alkanes of at least 4 members (excludes halogenated alkanes) is 3. The second kappa shape index (κ2) is 12.2. The van der Waals surface area contributed by atoms with Crippen molar-refractivity contribution in [2.75, 3.05) is 40.0 Å². The number of nitrogens with one attached hydrogen (secondary N) is 1. The highest BCUT2D eigenvalue weighted by molar-refractivity contribution is 6.99. The number of nitrogens with zero attached hydrogens (tertiary/aromatic N) is 3. The van der Waals surface area contributed by atoms with Crippen LogP contribution in [0.5, 0.6) is 5.88 Å². The monoisotopic (exact) mass is 469 g/mol. The Hall–Kier alpha value is -2.20. The molecule has 0 saturated heterocycles. The molecule has 0 fully saturated rings. The smallest absolute Gasteiger partial charge is 0.408 e. The maximum atomic E-state index is 12.1. The standard InChI is InChI=1S/C22H36N4O5S/c1-6-7-8-9-13-29-20-19(24-32-25-20)17-11-10-12-26(5,15-17)16-30-18(27)14-23-21(28)31-22(2,3)4/h11H,6-10,12-16H2,1-5H3/p+1. The molecule has 9 nitrogen and oxygen atoms in total. The van der Waals surface area contributed by atoms with Gasteiger partial charge in [-0.25, -0.2) is 9.59 Å². The van der Waals surface area contributed by atoms with Crippen molar-refractivity contribution in [2.24, 2.45) is 0 Å². The third kappa shape index (κ3) is 9.12. The number of hydrogen-bond acceptors (Lipinski definition) is 8. The van der Waals surface area contributed by atoms with Crippen molar-refractivity contribution in [1.29, 1.82) is 0 Å². The predicted molar refractivity (Wildman–Crippen MR) is 123 cm³/mol. The van der Waals surface area contributed by atoms with E-state index in [2.05, 4.69) is 27.1 Å². The van der Waals surface area contributed by atoms with E-state index in [1.165, 1.54) is 12.8 Å². The fraction of sp³-hybridized carbons (Fsp3) is 0.727. The molecule has 0 radical (unpaired) electrons. The summed E-state index contributed by atoms with van der Waals surface area (Å²) in [6.07, 6.45) is 6.91. The van der Waals surface area contributed by atoms with E-state index in [4.69, 9.17) is 14.2 Å². The summed E-state index contributed by atoms with van der Waals surface area (Å²) in [7, 11) is 2.03. The highest BCUT2D eigenvalue weighted by Crippen LogP contribution is 2.30. The fourth-order valence-corrected chi connectivity index (χ4v) is 3.82. The van der Waals surface area contributed by atoms with Crippen LogP contribution in [0, 0.1) is 0 Å². The number of carbonyl (C=O) groups is 2. The third-order valence-electron chi connectivity index (χ3n) is 4.92. The second-order valence-corrected chi connectivity index (χ2v) is 9.88. The molecule has 1 aromatic heterocycles. The summed E-state index contributed by atoms with van der Waals surface area (Å²) in [5, 5.41) is 2.42. The Labute approximate surface area is 195 Å². The van der Waals surface area contributed by atoms with E-state index < -0.39 is 17.7 Å². The average Bonchev–Trinajstić information content (AvgIpc) is 3.18. The van der Waals surface area contributed by atoms with Gasteiger partial charge >= 0.3 is 12.1 Å². The lowest BCUT2D eigenvalue weighted by Crippen LogP contribution is -2.50. The van der Waals surface area contributed by atoms with Crippen LogP contribution in [0.25, 0.3) is 5.57 Å². The topological polar surface area (TPSA) is 99.6 Å². The summed E-state index contributed by atoms with van der Waals surface area (Å²) < 4.78 is 25.7. The van der Waals surface area contributed by atoms with Gasteiger partial charge in [-0.2, -0.15) is 4.37 Å². The van der Waals surface area contributed by atoms with Crippen molar-refractivity contribution < 1.29 is 28.3 Å². The highest BCUT2D eigenvalue weighted by atomic mass is 32.1. The zero-order chi connectivity index (χ0) is 23.6. The predicted octanol–water partition coefficient (Wildman–Crippen LogP) is 3.76. The van der Waals surface area contributed by atoms with Crippen LogP contribution in [0.15, 0.2) is 6.08 Å². The first-order valence-electron chi connectivity index (χ1n) is 11.2. The number of hydrogen-bond donors (Lipinski definition) is 1. The normalized spacial score (nSPS) is 18.6. The Morgan fingerprint density at radius 2 is 2.00 bits per heavy atom. The maximum absolute atomic E-state index is 12.1. The van der Waals surface area contributed by atoms with Crippen molar-refractivity contribution in [3.8, 4) is 5.88 Å². The first kappa shape index (κ1) is 26.1. The molecule has 1 aliphatic rings. The summed E-state index contributed by atoms with van der Waals surface area (Å²) in [4.78, 5) is 23.8. The van der Waals surface area contributed by atoms with E-state index in [9.17, 15) is 9.59 Å². The number of rotatable bonds is 11. The lowest BCUT2D eigenvalue weighted by Gasteiger charge is -2.36. The molecule has 0 saturated carbocycles. The minimum Gasteiger partial charge on any atom is -0.475 e. The fourth-order valence-electron chi connectivity index (χ4n) is 3.29. The van der Waals surface area contributed by atoms with Crippen LogP contribution in [0.4, 0.5) is 4.79 Å². The molecule has 1 atom stereocenters. The molecular weight excluding hydrogens is 432 g/mol. The van der Waals surface area contributed by atoms with Gasteiger partial charge in [0, 0.05) is 12.0 Å². The SMILES string of the molecule is CCCCCCOc1nsnc1C1=CCC[N+](C)(COC(=O)CNC(=O)OC(C)(C)C)C1. The number of carbonyl (C=O) groups excluding carboxylic acids is 2. The van der Waals surface area contributed by atoms with Crippen LogP contribution in [0.1, 0.15) is 65.5 Å². The van der Waals surface area contributed by atoms with Crippen molar-refractivity contribution in [2.45, 2.75) is 65.4 Å². The summed E-state index contributed by atoms with van der Waals surface area (Å²) in [5.41, 5.74) is 1.22. The minimum absolute atomic E-state index is 0.205. The van der Waals surface area contributed by atoms with Gasteiger partial charge in [-0.1, -0.05) is 32.3 Å². The first-order valence-corrected chi connectivity index (χ1v) is 12.0. The van der Waals surface area contributed by atoms with E-state index in [1.54, 1.807) is 20.8 Å². The maximum Gasteiger partial charge on any atom is 0.408 e. The largest absolute Gasteiger partial charge is 0.475 e. The zero-order valence-corrected chi connectivity index (χ0v) is 20.8. The number of aromatic nitrogens is 2. The number of quaternary nitrogens is 1. The molecule has 1 aliphatic heterocycles. The van der Waals surface area contributed by atoms with Gasteiger partial charge in [-0.05, 0) is 27.2 Å². The number of esters is 1. The molecule has 0 bridgehead atoms. The first-order chi connectivity index (χ1) is 15.1. The van der Waals surface area contributed by atoms with E-state index in [-0.39, 0.29) is 13.3 Å². The lowest BCUT2D eigenvalue weighted by molar-refractivity contribution is -0.919. The molecule has 32 heavy (non-hydrogen) atoms. The summed E-state index contributed by atoms with van der Waals surface area (Å²) >= 11 is 1.15. The zero-order valence-electron chi connectivity index (χ0n) is 19.9. The van der Waals surface area contributed by atoms with Gasteiger partial charge < -0.3 is 19.5 Å². The van der Waals surface area contributed by atoms with Crippen molar-refractivity contribution in [1.82, 2.24) is 14.1 Å². The summed E-state index contributed by atoms with van der Waals surface area (Å²) in [5.74, 6) is 0.0856. The van der Waals surface area contributed by atoms with E-state index in [0.29, 0.717) is 23.5 Å². The Morgan fingerprint density at radius 1 is 1.22 bits per heavy atom. The third-order valence-corrected chi connectivity index (χ3v) is 5.44. The van der Waals surface area contributed by atoms with Crippen LogP contribution in [-0.2, 0) is 14.3 Å². The number of amides is 1. The molecule has 180 valence electrons. The molecule has 1 amide bonds. The lowest BCUT2D eigenvalue weighted by atomic mass is 10.1. The molecule has 2 heterocycles. The number of likely N-dealkylation sites (N-methyl/N-ethyl adjacent to an activating group) is 1. The average molecular weight is 470 g/mol. The van der Waals surface area contributed by atoms with Crippen molar-refractivity contribution in [3.05, 3.63) is 11.8 Å². The van der Waals surface area contributed by atoms with E-state index >= 15 is 0 Å². The molecular formula is C22H37N4O5S+. The van der Waals surface area contributed by atoms with Gasteiger partial charge in [-0.15, -0.1) is 4.37 Å². The molecule has 0 aromatic carbocycles. The van der Waals surface area contributed by atoms with Gasteiger partial charge in [0.05, 0.1) is 31.9 Å². The number of alkyl carbamates (subject to hydrolysis) is 1. The molecule has 0 aliphatic carbocycles. The van der Waals surface area contributed by atoms with Gasteiger partial charge in [0.2, 0.25) is 6.73 Å². The van der Waals surface area contributed by atoms with Crippen molar-refractivity contribution >= 4 is 29.4 Å². The Bertz CT molecular complexity index is 790. The molecule has 0 spiro atoms. The highest BCUT2D eigenvalue weighted by Gasteiger charge is 2.31. The van der Waals surface area contributed by atoms with Crippen molar-refractivity contribution in [3.63, 3.8) is 0 Å². The summed E-state index contributed by atoms with van der Waals surface area (Å²) in [6, 6.07) is 0. The van der Waals surface area contributed by atoms with Crippen LogP contribution in [0.2, 0.25) is 0 Å². The van der Waals surface area contributed by atoms with Crippen LogP contribution < -0.4 is 10.1 Å². The Kier molecular flexibility index (Phi) is 9.89. The van der Waals surface area contributed by atoms with E-state index in [0.717, 1.165) is 48.8 Å². The van der Waals surface area contributed by atoms with Crippen LogP contribution in [-0.4, -0.2) is 70.9 Å². The minimum atomic E-state index is -0.642. The quantitative estimate of drug-likeness (QED) is 0.299. The molecule has 10 heteroatoms. The second-order valence-electron chi connectivity index (χ2n) is 9.35. The van der Waals surface area contributed by atoms with Crippen LogP contribution >= 0.6 is 11.7 Å². The Balaban J connectivity index is 1.83. The number of ether oxygens (including phenoxy) is 3. The Morgan fingerprint density at radius 3 is 2.72 bits per heavy atom. The molecule has 1 N–H and O–H groups in total. The molecule has 1 aromatic rings. The summed E-state index contributed by atoms with van der Waals surface area (Å²) in [6.45, 7) is 9.57. The van der Waals surface area contributed by atoms with Crippen LogP contribution in [0.3, 0.4) is 0 Å².